The van der Waals surface area contributed by atoms with E-state index >= 15 is 0 Å². The fourth-order valence-electron chi connectivity index (χ4n) is 2.49. The summed E-state index contributed by atoms with van der Waals surface area (Å²) >= 11 is 0. The van der Waals surface area contributed by atoms with Crippen LogP contribution in [0, 0.1) is 5.92 Å². The maximum absolute atomic E-state index is 11.5. The average molecular weight is 220 g/mol. The second-order valence-electron chi connectivity index (χ2n) is 4.45. The van der Waals surface area contributed by atoms with E-state index in [-0.39, 0.29) is 5.92 Å². The predicted molar refractivity (Wildman–Crippen MR) is 60.7 cm³/mol. The molecule has 0 amide bonds. The lowest BCUT2D eigenvalue weighted by Crippen LogP contribution is -2.49. The molecule has 0 aromatic heterocycles. The Bertz CT molecular complexity index is 413. The normalized spacial score (nSPS) is 28.2. The molecule has 1 aromatic rings. The van der Waals surface area contributed by atoms with Gasteiger partial charge in [-0.2, -0.15) is 0 Å². The molecule has 3 heteroatoms. The molecule has 0 aliphatic heterocycles. The van der Waals surface area contributed by atoms with E-state index < -0.39 is 11.4 Å². The molecule has 1 fully saturated rings. The van der Waals surface area contributed by atoms with E-state index in [1.54, 1.807) is 7.11 Å². The number of hydrogen-bond acceptors (Lipinski definition) is 2. The second kappa shape index (κ2) is 3.81. The summed E-state index contributed by atoms with van der Waals surface area (Å²) in [4.78, 5) is 11.5. The highest BCUT2D eigenvalue weighted by atomic mass is 16.5. The molecule has 0 saturated heterocycles. The first kappa shape index (κ1) is 11.0. The van der Waals surface area contributed by atoms with E-state index in [0.29, 0.717) is 0 Å². The first-order valence-electron chi connectivity index (χ1n) is 5.49. The minimum Gasteiger partial charge on any atom is -0.497 e. The van der Waals surface area contributed by atoms with Gasteiger partial charge < -0.3 is 9.84 Å². The number of methoxy groups -OCH3 is 1. The third-order valence-electron chi connectivity index (χ3n) is 3.78. The summed E-state index contributed by atoms with van der Waals surface area (Å²) in [6.45, 7) is 2.00. The van der Waals surface area contributed by atoms with Gasteiger partial charge in [0.1, 0.15) is 5.75 Å². The minimum absolute atomic E-state index is 0.192. The average Bonchev–Trinajstić information content (AvgIpc) is 2.27. The van der Waals surface area contributed by atoms with E-state index in [1.807, 2.05) is 31.2 Å². The number of aliphatic carboxylic acids is 1. The highest BCUT2D eigenvalue weighted by Gasteiger charge is 2.51. The van der Waals surface area contributed by atoms with Crippen LogP contribution in [0.3, 0.4) is 0 Å². The number of rotatable bonds is 3. The lowest BCUT2D eigenvalue weighted by atomic mass is 9.57. The summed E-state index contributed by atoms with van der Waals surface area (Å²) in [6, 6.07) is 7.41. The Labute approximate surface area is 95.0 Å². The zero-order chi connectivity index (χ0) is 11.8. The molecule has 1 aliphatic carbocycles. The Balaban J connectivity index is 2.44. The molecule has 1 aliphatic rings. The maximum Gasteiger partial charge on any atom is 0.314 e. The summed E-state index contributed by atoms with van der Waals surface area (Å²) in [7, 11) is 1.59. The molecule has 1 N–H and O–H groups in total. The first-order chi connectivity index (χ1) is 7.61. The molecule has 16 heavy (non-hydrogen) atoms. The van der Waals surface area contributed by atoms with E-state index in [1.165, 1.54) is 0 Å². The van der Waals surface area contributed by atoms with Crippen molar-refractivity contribution in [2.45, 2.75) is 25.2 Å². The third kappa shape index (κ3) is 1.39. The number of carboxylic acid groups (broad SMARTS) is 1. The second-order valence-corrected chi connectivity index (χ2v) is 4.45. The molecule has 2 unspecified atom stereocenters. The van der Waals surface area contributed by atoms with Gasteiger partial charge in [-0.05, 0) is 36.5 Å². The van der Waals surface area contributed by atoms with E-state index in [4.69, 9.17) is 4.74 Å². The van der Waals surface area contributed by atoms with Gasteiger partial charge in [0.05, 0.1) is 12.5 Å². The minimum atomic E-state index is -0.723. The zero-order valence-electron chi connectivity index (χ0n) is 9.56. The van der Waals surface area contributed by atoms with E-state index in [0.717, 1.165) is 24.2 Å². The maximum atomic E-state index is 11.5. The Morgan fingerprint density at radius 1 is 1.56 bits per heavy atom. The van der Waals surface area contributed by atoms with Crippen molar-refractivity contribution in [3.8, 4) is 5.75 Å². The van der Waals surface area contributed by atoms with Gasteiger partial charge in [-0.3, -0.25) is 4.79 Å². The van der Waals surface area contributed by atoms with Crippen molar-refractivity contribution in [2.75, 3.05) is 7.11 Å². The summed E-state index contributed by atoms with van der Waals surface area (Å²) in [6.07, 6.45) is 1.69. The van der Waals surface area contributed by atoms with Gasteiger partial charge in [-0.1, -0.05) is 19.1 Å². The van der Waals surface area contributed by atoms with Gasteiger partial charge in [-0.15, -0.1) is 0 Å². The van der Waals surface area contributed by atoms with Crippen molar-refractivity contribution < 1.29 is 14.6 Å². The van der Waals surface area contributed by atoms with Gasteiger partial charge in [0.25, 0.3) is 0 Å². The van der Waals surface area contributed by atoms with Crippen LogP contribution in [0.25, 0.3) is 0 Å². The van der Waals surface area contributed by atoms with E-state index in [9.17, 15) is 9.90 Å². The molecule has 86 valence electrons. The van der Waals surface area contributed by atoms with Crippen LogP contribution in [0.5, 0.6) is 5.75 Å². The predicted octanol–water partition coefficient (Wildman–Crippen LogP) is 2.45. The quantitative estimate of drug-likeness (QED) is 0.851. The first-order valence-corrected chi connectivity index (χ1v) is 5.49. The van der Waals surface area contributed by atoms with Crippen LogP contribution in [0.4, 0.5) is 0 Å². The van der Waals surface area contributed by atoms with E-state index in [2.05, 4.69) is 0 Å². The fraction of sp³-hybridized carbons (Fsp3) is 0.462. The van der Waals surface area contributed by atoms with Crippen molar-refractivity contribution in [1.29, 1.82) is 0 Å². The molecule has 0 heterocycles. The van der Waals surface area contributed by atoms with Crippen LogP contribution >= 0.6 is 0 Å². The van der Waals surface area contributed by atoms with Crippen LogP contribution in [0.15, 0.2) is 24.3 Å². The zero-order valence-corrected chi connectivity index (χ0v) is 9.56. The summed E-state index contributed by atoms with van der Waals surface area (Å²) < 4.78 is 5.14. The molecule has 2 rings (SSSR count). The smallest absolute Gasteiger partial charge is 0.314 e. The lowest BCUT2D eigenvalue weighted by Gasteiger charge is -2.44. The highest BCUT2D eigenvalue weighted by molar-refractivity contribution is 5.83. The SMILES string of the molecule is COc1cccc(C2(C(=O)O)CCC2C)c1. The third-order valence-corrected chi connectivity index (χ3v) is 3.78. The van der Waals surface area contributed by atoms with Crippen LogP contribution in [0.1, 0.15) is 25.3 Å². The van der Waals surface area contributed by atoms with Gasteiger partial charge in [0, 0.05) is 0 Å². The Hall–Kier alpha value is -1.51. The van der Waals surface area contributed by atoms with Gasteiger partial charge in [0.2, 0.25) is 0 Å². The summed E-state index contributed by atoms with van der Waals surface area (Å²) in [5, 5.41) is 9.43. The summed E-state index contributed by atoms with van der Waals surface area (Å²) in [5.41, 5.74) is 0.159. The van der Waals surface area contributed by atoms with Crippen LogP contribution in [-0.4, -0.2) is 18.2 Å². The Morgan fingerprint density at radius 2 is 2.31 bits per heavy atom. The van der Waals surface area contributed by atoms with Crippen molar-refractivity contribution in [3.63, 3.8) is 0 Å². The number of benzene rings is 1. The summed E-state index contributed by atoms with van der Waals surface area (Å²) in [5.74, 6) is 0.189. The standard InChI is InChI=1S/C13H16O3/c1-9-6-7-13(9,12(14)15)10-4-3-5-11(8-10)16-2/h3-5,8-9H,6-7H2,1-2H3,(H,14,15). The topological polar surface area (TPSA) is 46.5 Å². The van der Waals surface area contributed by atoms with Crippen LogP contribution in [-0.2, 0) is 10.2 Å². The molecule has 0 bridgehead atoms. The number of ether oxygens (including phenoxy) is 1. The number of hydrogen-bond donors (Lipinski definition) is 1. The molecule has 2 atom stereocenters. The molecular weight excluding hydrogens is 204 g/mol. The number of carboxylic acids is 1. The Kier molecular flexibility index (Phi) is 2.62. The molecule has 0 spiro atoms. The van der Waals surface area contributed by atoms with Crippen LogP contribution in [0.2, 0.25) is 0 Å². The van der Waals surface area contributed by atoms with Crippen molar-refractivity contribution in [3.05, 3.63) is 29.8 Å². The lowest BCUT2D eigenvalue weighted by molar-refractivity contribution is -0.151. The van der Waals surface area contributed by atoms with Gasteiger partial charge >= 0.3 is 5.97 Å². The Morgan fingerprint density at radius 3 is 2.75 bits per heavy atom. The van der Waals surface area contributed by atoms with Gasteiger partial charge in [0.15, 0.2) is 0 Å². The van der Waals surface area contributed by atoms with Crippen molar-refractivity contribution in [2.24, 2.45) is 5.92 Å². The largest absolute Gasteiger partial charge is 0.497 e. The molecule has 1 saturated carbocycles. The van der Waals surface area contributed by atoms with Gasteiger partial charge in [-0.25, -0.2) is 0 Å². The fourth-order valence-corrected chi connectivity index (χ4v) is 2.49. The molecule has 3 nitrogen and oxygen atoms in total. The molecular formula is C13H16O3. The van der Waals surface area contributed by atoms with Crippen molar-refractivity contribution >= 4 is 5.97 Å². The van der Waals surface area contributed by atoms with Crippen molar-refractivity contribution in [1.82, 2.24) is 0 Å². The number of carbonyl (C=O) groups is 1. The monoisotopic (exact) mass is 220 g/mol. The highest BCUT2D eigenvalue weighted by Crippen LogP contribution is 2.49. The molecule has 1 aromatic carbocycles. The molecule has 0 radical (unpaired) electrons. The van der Waals surface area contributed by atoms with Crippen LogP contribution < -0.4 is 4.74 Å².